The number of hydrogen-bond donors (Lipinski definition) is 2. The third kappa shape index (κ3) is 3.94. The van der Waals surface area contributed by atoms with Gasteiger partial charge in [-0.05, 0) is 23.6 Å². The normalized spacial score (nSPS) is 11.0. The first-order valence-electron chi connectivity index (χ1n) is 7.43. The minimum atomic E-state index is 0.294. The number of benzene rings is 1. The van der Waals surface area contributed by atoms with Crippen LogP contribution in [0.4, 0.5) is 17.3 Å². The van der Waals surface area contributed by atoms with Gasteiger partial charge < -0.3 is 10.6 Å². The van der Waals surface area contributed by atoms with Crippen LogP contribution in [0.25, 0.3) is 0 Å². The van der Waals surface area contributed by atoms with Crippen molar-refractivity contribution >= 4 is 17.3 Å². The summed E-state index contributed by atoms with van der Waals surface area (Å²) in [7, 11) is 1.87. The Morgan fingerprint density at radius 1 is 0.857 bits per heavy atom. The van der Waals surface area contributed by atoms with Gasteiger partial charge in [0.05, 0.1) is 0 Å². The molecule has 1 aromatic carbocycles. The molecule has 1 heterocycles. The second-order valence-corrected chi connectivity index (χ2v) is 5.80. The van der Waals surface area contributed by atoms with Crippen molar-refractivity contribution in [2.75, 3.05) is 17.7 Å². The fourth-order valence-corrected chi connectivity index (χ4v) is 2.02. The van der Waals surface area contributed by atoms with Gasteiger partial charge in [0.1, 0.15) is 17.5 Å². The molecule has 2 N–H and O–H groups in total. The second kappa shape index (κ2) is 6.57. The van der Waals surface area contributed by atoms with Crippen molar-refractivity contribution in [1.29, 1.82) is 0 Å². The van der Waals surface area contributed by atoms with E-state index in [1.54, 1.807) is 0 Å². The van der Waals surface area contributed by atoms with E-state index in [4.69, 9.17) is 0 Å². The van der Waals surface area contributed by atoms with E-state index in [2.05, 4.69) is 72.6 Å². The van der Waals surface area contributed by atoms with E-state index in [1.165, 1.54) is 5.56 Å². The van der Waals surface area contributed by atoms with Gasteiger partial charge in [0.25, 0.3) is 0 Å². The summed E-state index contributed by atoms with van der Waals surface area (Å²) in [6.45, 7) is 8.58. The van der Waals surface area contributed by atoms with Crippen molar-refractivity contribution < 1.29 is 0 Å². The van der Waals surface area contributed by atoms with Crippen LogP contribution in [0.5, 0.6) is 0 Å². The van der Waals surface area contributed by atoms with Crippen LogP contribution in [-0.4, -0.2) is 17.0 Å². The van der Waals surface area contributed by atoms with Crippen LogP contribution in [0.3, 0.4) is 0 Å². The summed E-state index contributed by atoms with van der Waals surface area (Å²) in [5.41, 5.74) is 2.37. The second-order valence-electron chi connectivity index (χ2n) is 5.80. The molecule has 2 aromatic rings. The van der Waals surface area contributed by atoms with Gasteiger partial charge >= 0.3 is 0 Å². The van der Waals surface area contributed by atoms with Gasteiger partial charge in [0.2, 0.25) is 0 Å². The Labute approximate surface area is 127 Å². The molecule has 0 fully saturated rings. The Hall–Kier alpha value is -2.10. The lowest BCUT2D eigenvalue weighted by atomic mass is 10.0. The molecule has 0 bridgehead atoms. The minimum Gasteiger partial charge on any atom is -0.373 e. The van der Waals surface area contributed by atoms with Gasteiger partial charge in [-0.2, -0.15) is 0 Å². The van der Waals surface area contributed by atoms with E-state index >= 15 is 0 Å². The first-order valence-corrected chi connectivity index (χ1v) is 7.43. The van der Waals surface area contributed by atoms with Crippen molar-refractivity contribution in [3.63, 3.8) is 0 Å². The maximum absolute atomic E-state index is 4.57. The molecule has 1 aromatic heterocycles. The van der Waals surface area contributed by atoms with Crippen LogP contribution in [0.1, 0.15) is 50.9 Å². The highest BCUT2D eigenvalue weighted by molar-refractivity contribution is 5.59. The molecule has 0 saturated heterocycles. The van der Waals surface area contributed by atoms with Crippen LogP contribution in [0.2, 0.25) is 0 Å². The molecule has 112 valence electrons. The van der Waals surface area contributed by atoms with Crippen molar-refractivity contribution in [1.82, 2.24) is 9.97 Å². The molecule has 0 unspecified atom stereocenters. The highest BCUT2D eigenvalue weighted by Crippen LogP contribution is 2.22. The maximum atomic E-state index is 4.57. The van der Waals surface area contributed by atoms with Gasteiger partial charge in [-0.25, -0.2) is 9.97 Å². The zero-order valence-corrected chi connectivity index (χ0v) is 13.4. The van der Waals surface area contributed by atoms with Crippen molar-refractivity contribution in [3.8, 4) is 0 Å². The standard InChI is InChI=1S/C17H24N4/c1-11(2)13-6-8-14(9-7-13)19-16-10-15(18-5)20-17(21-16)12(3)4/h6-12H,1-5H3,(H2,18,19,20,21). The Morgan fingerprint density at radius 3 is 2.00 bits per heavy atom. The van der Waals surface area contributed by atoms with Crippen LogP contribution in [0.15, 0.2) is 30.3 Å². The maximum Gasteiger partial charge on any atom is 0.136 e. The third-order valence-electron chi connectivity index (χ3n) is 3.37. The number of rotatable bonds is 5. The van der Waals surface area contributed by atoms with Gasteiger partial charge in [0.15, 0.2) is 0 Å². The van der Waals surface area contributed by atoms with Crippen molar-refractivity contribution in [2.24, 2.45) is 0 Å². The first kappa shape index (κ1) is 15.3. The van der Waals surface area contributed by atoms with Crippen LogP contribution >= 0.6 is 0 Å². The Kier molecular flexibility index (Phi) is 4.78. The molecular weight excluding hydrogens is 260 g/mol. The average molecular weight is 284 g/mol. The summed E-state index contributed by atoms with van der Waals surface area (Å²) >= 11 is 0. The quantitative estimate of drug-likeness (QED) is 0.848. The largest absolute Gasteiger partial charge is 0.373 e. The van der Waals surface area contributed by atoms with E-state index in [-0.39, 0.29) is 0 Å². The number of nitrogens with zero attached hydrogens (tertiary/aromatic N) is 2. The van der Waals surface area contributed by atoms with Gasteiger partial charge in [-0.15, -0.1) is 0 Å². The Balaban J connectivity index is 2.24. The monoisotopic (exact) mass is 284 g/mol. The summed E-state index contributed by atoms with van der Waals surface area (Å²) in [6, 6.07) is 10.4. The van der Waals surface area contributed by atoms with E-state index in [9.17, 15) is 0 Å². The van der Waals surface area contributed by atoms with E-state index in [0.29, 0.717) is 11.8 Å². The third-order valence-corrected chi connectivity index (χ3v) is 3.37. The molecule has 0 amide bonds. The molecule has 0 aliphatic rings. The molecule has 0 spiro atoms. The lowest BCUT2D eigenvalue weighted by Crippen LogP contribution is -2.05. The molecular formula is C17H24N4. The summed E-state index contributed by atoms with van der Waals surface area (Å²) in [5, 5.41) is 6.43. The highest BCUT2D eigenvalue weighted by Gasteiger charge is 2.08. The molecule has 0 atom stereocenters. The fraction of sp³-hybridized carbons (Fsp3) is 0.412. The summed E-state index contributed by atoms with van der Waals surface area (Å²) in [4.78, 5) is 9.04. The summed E-state index contributed by atoms with van der Waals surface area (Å²) < 4.78 is 0. The van der Waals surface area contributed by atoms with Crippen molar-refractivity contribution in [3.05, 3.63) is 41.7 Å². The first-order chi connectivity index (χ1) is 9.99. The topological polar surface area (TPSA) is 49.8 Å². The lowest BCUT2D eigenvalue weighted by molar-refractivity contribution is 0.778. The Bertz CT molecular complexity index is 588. The number of aromatic nitrogens is 2. The zero-order valence-electron chi connectivity index (χ0n) is 13.4. The van der Waals surface area contributed by atoms with Gasteiger partial charge in [-0.1, -0.05) is 39.8 Å². The molecule has 0 aliphatic carbocycles. The summed E-state index contributed by atoms with van der Waals surface area (Å²) in [6.07, 6.45) is 0. The molecule has 0 saturated carbocycles. The SMILES string of the molecule is CNc1cc(Nc2ccc(C(C)C)cc2)nc(C(C)C)n1. The molecule has 2 rings (SSSR count). The molecule has 4 nitrogen and oxygen atoms in total. The number of nitrogens with one attached hydrogen (secondary N) is 2. The summed E-state index contributed by atoms with van der Waals surface area (Å²) in [5.74, 6) is 3.32. The highest BCUT2D eigenvalue weighted by atomic mass is 15.1. The predicted molar refractivity (Wildman–Crippen MR) is 89.5 cm³/mol. The lowest BCUT2D eigenvalue weighted by Gasteiger charge is -2.12. The molecule has 21 heavy (non-hydrogen) atoms. The van der Waals surface area contributed by atoms with Crippen molar-refractivity contribution in [2.45, 2.75) is 39.5 Å². The fourth-order valence-electron chi connectivity index (χ4n) is 2.02. The molecule has 4 heteroatoms. The Morgan fingerprint density at radius 2 is 1.48 bits per heavy atom. The zero-order chi connectivity index (χ0) is 15.4. The van der Waals surface area contributed by atoms with E-state index in [1.807, 2.05) is 13.1 Å². The van der Waals surface area contributed by atoms with Crippen LogP contribution in [0, 0.1) is 0 Å². The number of anilines is 3. The van der Waals surface area contributed by atoms with E-state index in [0.717, 1.165) is 23.1 Å². The molecule has 0 aliphatic heterocycles. The minimum absolute atomic E-state index is 0.294. The van der Waals surface area contributed by atoms with Gasteiger partial charge in [0, 0.05) is 24.7 Å². The molecule has 0 radical (unpaired) electrons. The van der Waals surface area contributed by atoms with E-state index < -0.39 is 0 Å². The predicted octanol–water partition coefficient (Wildman–Crippen LogP) is 4.51. The van der Waals surface area contributed by atoms with Crippen LogP contribution in [-0.2, 0) is 0 Å². The van der Waals surface area contributed by atoms with Gasteiger partial charge in [-0.3, -0.25) is 0 Å². The average Bonchev–Trinajstić information content (AvgIpc) is 2.47. The number of hydrogen-bond acceptors (Lipinski definition) is 4. The van der Waals surface area contributed by atoms with Crippen LogP contribution < -0.4 is 10.6 Å². The smallest absolute Gasteiger partial charge is 0.136 e.